The molecule has 1 amide bonds. The maximum Gasteiger partial charge on any atom is 0.359 e. The van der Waals surface area contributed by atoms with E-state index in [0.29, 0.717) is 50.0 Å². The van der Waals surface area contributed by atoms with Gasteiger partial charge in [-0.2, -0.15) is 0 Å². The summed E-state index contributed by atoms with van der Waals surface area (Å²) in [5, 5.41) is 11.7. The van der Waals surface area contributed by atoms with Crippen molar-refractivity contribution in [3.8, 4) is 11.8 Å². The first kappa shape index (κ1) is 20.3. The Balaban J connectivity index is 1.67. The zero-order chi connectivity index (χ0) is 21.8. The van der Waals surface area contributed by atoms with Crippen molar-refractivity contribution in [1.82, 2.24) is 19.8 Å². The molecule has 2 aromatic rings. The maximum absolute atomic E-state index is 13.1. The van der Waals surface area contributed by atoms with Gasteiger partial charge >= 0.3 is 11.6 Å². The molecule has 0 radical (unpaired) electrons. The number of carbonyl (C=O) groups excluding carboxylic acids is 1. The van der Waals surface area contributed by atoms with Crippen LogP contribution < -0.4 is 15.7 Å². The summed E-state index contributed by atoms with van der Waals surface area (Å²) in [6.07, 6.45) is 6.71. The zero-order valence-corrected chi connectivity index (χ0v) is 17.7. The van der Waals surface area contributed by atoms with E-state index in [-0.39, 0.29) is 0 Å². The number of aliphatic imine (C=N–C) groups is 1. The summed E-state index contributed by atoms with van der Waals surface area (Å²) in [5.41, 5.74) is 7.58. The smallest absolute Gasteiger partial charge is 0.359 e. The number of ether oxygens (including phenoxy) is 1. The molecule has 0 saturated heterocycles. The molecule has 4 rings (SSSR count). The molecule has 3 N–H and O–H groups in total. The Kier molecular flexibility index (Phi) is 5.74. The minimum atomic E-state index is -0.403. The van der Waals surface area contributed by atoms with Crippen LogP contribution in [0.25, 0.3) is 5.57 Å². The van der Waals surface area contributed by atoms with Crippen LogP contribution in [0, 0.1) is 17.8 Å². The van der Waals surface area contributed by atoms with Gasteiger partial charge in [-0.25, -0.2) is 9.98 Å². The summed E-state index contributed by atoms with van der Waals surface area (Å²) in [7, 11) is 1.51. The average molecular weight is 432 g/mol. The highest BCUT2D eigenvalue weighted by Gasteiger charge is 2.25. The van der Waals surface area contributed by atoms with Crippen LogP contribution >= 0.6 is 11.3 Å². The summed E-state index contributed by atoms with van der Waals surface area (Å²) < 4.78 is 9.50. The standard InChI is InChI=1S/C21H17N7O2S/c1-12-7-14(17(30-2)10-23-12)16-9-24-18(25-11-22)8-15(16)20(29)26-21-28-27-19(31-21)6-5-13-3-4-13/h7-9,11,13,22H,3-4H2,1-2H3,(H,26,28,29)/p+1. The third-order valence-corrected chi connectivity index (χ3v) is 5.13. The number of pyridine rings is 1. The molecule has 1 aliphatic heterocycles. The molecule has 0 atom stereocenters. The van der Waals surface area contributed by atoms with Gasteiger partial charge in [-0.3, -0.25) is 10.1 Å². The second kappa shape index (κ2) is 8.78. The molecule has 1 saturated carbocycles. The van der Waals surface area contributed by atoms with Gasteiger partial charge in [0.2, 0.25) is 5.13 Å². The fourth-order valence-electron chi connectivity index (χ4n) is 2.74. The Morgan fingerprint density at radius 2 is 2.32 bits per heavy atom. The van der Waals surface area contributed by atoms with E-state index in [0.717, 1.165) is 19.2 Å². The number of hydrogen-bond acceptors (Lipinski definition) is 7. The summed E-state index contributed by atoms with van der Waals surface area (Å²) >= 11 is 1.22. The van der Waals surface area contributed by atoms with Crippen LogP contribution in [0.5, 0.6) is 0 Å². The van der Waals surface area contributed by atoms with Crippen LogP contribution in [0.15, 0.2) is 29.1 Å². The first-order chi connectivity index (χ1) is 15.1. The number of amides is 1. The van der Waals surface area contributed by atoms with Crippen LogP contribution in [0.2, 0.25) is 0 Å². The molecule has 0 unspecified atom stereocenters. The van der Waals surface area contributed by atoms with Crippen molar-refractivity contribution in [1.29, 1.82) is 0 Å². The summed E-state index contributed by atoms with van der Waals surface area (Å²) in [5.74, 6) is 9.69. The van der Waals surface area contributed by atoms with E-state index in [9.17, 15) is 4.79 Å². The highest BCUT2D eigenvalue weighted by atomic mass is 32.1. The van der Waals surface area contributed by atoms with Crippen molar-refractivity contribution in [3.63, 3.8) is 0 Å². The van der Waals surface area contributed by atoms with Gasteiger partial charge < -0.3 is 10.5 Å². The molecule has 154 valence electrons. The van der Waals surface area contributed by atoms with E-state index in [2.05, 4.69) is 47.9 Å². The van der Waals surface area contributed by atoms with Gasteiger partial charge in [-0.1, -0.05) is 17.3 Å². The van der Waals surface area contributed by atoms with Crippen molar-refractivity contribution in [3.05, 3.63) is 40.2 Å². The minimum absolute atomic E-state index is 0.290. The van der Waals surface area contributed by atoms with Crippen molar-refractivity contribution in [2.75, 3.05) is 12.4 Å². The molecule has 10 heteroatoms. The Labute approximate surface area is 182 Å². The molecular formula is C21H18N7O2S+. The van der Waals surface area contributed by atoms with E-state index < -0.39 is 5.91 Å². The number of carbonyl (C=O) groups is 1. The molecule has 1 fully saturated rings. The lowest BCUT2D eigenvalue weighted by atomic mass is 9.98. The van der Waals surface area contributed by atoms with Crippen molar-refractivity contribution < 1.29 is 9.53 Å². The van der Waals surface area contributed by atoms with Gasteiger partial charge in [0.1, 0.15) is 0 Å². The van der Waals surface area contributed by atoms with E-state index in [4.69, 9.17) is 10.5 Å². The molecule has 0 aromatic carbocycles. The number of nitrogens with zero attached hydrogens (tertiary/aromatic N) is 5. The SMILES string of the molecule is COC1=C=[N+]=C(C)C=C1c1cnc(N=CN)cc1C(=O)Nc1nnc(C#CC2CC2)s1. The quantitative estimate of drug-likeness (QED) is 0.320. The molecule has 2 aromatic heterocycles. The third kappa shape index (κ3) is 4.77. The topological polar surface area (TPSA) is 129 Å². The lowest BCUT2D eigenvalue weighted by molar-refractivity contribution is 0.102. The number of allylic oxidation sites excluding steroid dienone is 2. The Bertz CT molecular complexity index is 1280. The molecule has 9 nitrogen and oxygen atoms in total. The molecule has 0 spiro atoms. The normalized spacial score (nSPS) is 15.0. The van der Waals surface area contributed by atoms with Gasteiger partial charge in [0, 0.05) is 36.3 Å². The van der Waals surface area contributed by atoms with Gasteiger partial charge in [0.15, 0.2) is 10.8 Å². The second-order valence-corrected chi connectivity index (χ2v) is 7.71. The molecule has 1 aliphatic carbocycles. The number of nitrogens with two attached hydrogens (primary N) is 1. The Morgan fingerprint density at radius 3 is 3.06 bits per heavy atom. The van der Waals surface area contributed by atoms with Gasteiger partial charge in [0.25, 0.3) is 11.7 Å². The van der Waals surface area contributed by atoms with Crippen LogP contribution in [0.1, 0.15) is 40.7 Å². The van der Waals surface area contributed by atoms with Crippen LogP contribution in [0.3, 0.4) is 0 Å². The zero-order valence-electron chi connectivity index (χ0n) is 16.8. The fourth-order valence-corrected chi connectivity index (χ4v) is 3.34. The second-order valence-electron chi connectivity index (χ2n) is 6.73. The summed E-state index contributed by atoms with van der Waals surface area (Å²) in [6.45, 7) is 1.82. The number of anilines is 1. The van der Waals surface area contributed by atoms with Gasteiger partial charge in [-0.15, -0.1) is 10.2 Å². The Morgan fingerprint density at radius 1 is 1.48 bits per heavy atom. The molecule has 0 bridgehead atoms. The number of hydrogen-bond donors (Lipinski definition) is 2. The monoisotopic (exact) mass is 432 g/mol. The lowest BCUT2D eigenvalue weighted by Gasteiger charge is -2.12. The average Bonchev–Trinajstić information content (AvgIpc) is 3.50. The van der Waals surface area contributed by atoms with Crippen molar-refractivity contribution in [2.24, 2.45) is 16.6 Å². The van der Waals surface area contributed by atoms with Crippen LogP contribution in [-0.4, -0.2) is 46.1 Å². The number of rotatable bonds is 5. The first-order valence-electron chi connectivity index (χ1n) is 9.41. The molecule has 31 heavy (non-hydrogen) atoms. The Hall–Kier alpha value is -4.02. The third-order valence-electron chi connectivity index (χ3n) is 4.37. The predicted octanol–water partition coefficient (Wildman–Crippen LogP) is 1.69. The molecular weight excluding hydrogens is 414 g/mol. The number of methoxy groups -OCH3 is 1. The summed E-state index contributed by atoms with van der Waals surface area (Å²) in [4.78, 5) is 21.4. The highest BCUT2D eigenvalue weighted by Crippen LogP contribution is 2.29. The van der Waals surface area contributed by atoms with Crippen LogP contribution in [-0.2, 0) is 4.74 Å². The van der Waals surface area contributed by atoms with Gasteiger partial charge in [-0.05, 0) is 29.5 Å². The van der Waals surface area contributed by atoms with Crippen molar-refractivity contribution >= 4 is 51.7 Å². The lowest BCUT2D eigenvalue weighted by Crippen LogP contribution is -2.16. The molecule has 2 aliphatic rings. The largest absolute Gasteiger partial charge is 0.484 e. The van der Waals surface area contributed by atoms with Crippen LogP contribution in [0.4, 0.5) is 10.9 Å². The van der Waals surface area contributed by atoms with Gasteiger partial charge in [0.05, 0.1) is 19.0 Å². The summed E-state index contributed by atoms with van der Waals surface area (Å²) in [6, 6.07) is 1.54. The molecule has 3 heterocycles. The maximum atomic E-state index is 13.1. The highest BCUT2D eigenvalue weighted by molar-refractivity contribution is 7.15. The predicted molar refractivity (Wildman–Crippen MR) is 120 cm³/mol. The van der Waals surface area contributed by atoms with Crippen molar-refractivity contribution in [2.45, 2.75) is 19.8 Å². The number of nitrogens with one attached hydrogen (secondary N) is 1. The minimum Gasteiger partial charge on any atom is -0.484 e. The van der Waals surface area contributed by atoms with E-state index in [1.165, 1.54) is 30.7 Å². The van der Waals surface area contributed by atoms with E-state index in [1.54, 1.807) is 6.08 Å². The van der Waals surface area contributed by atoms with E-state index >= 15 is 0 Å². The fraction of sp³-hybridized carbons (Fsp3) is 0.238. The number of aromatic nitrogens is 3. The first-order valence-corrected chi connectivity index (χ1v) is 10.2. The van der Waals surface area contributed by atoms with E-state index in [1.807, 2.05) is 6.92 Å².